The van der Waals surface area contributed by atoms with Crippen LogP contribution in [-0.4, -0.2) is 4.57 Å². The van der Waals surface area contributed by atoms with Crippen molar-refractivity contribution in [3.05, 3.63) is 255 Å². The Labute approximate surface area is 362 Å². The number of hydrogen-bond donors (Lipinski definition) is 0. The van der Waals surface area contributed by atoms with Gasteiger partial charge in [-0.3, -0.25) is 0 Å². The molecule has 0 saturated carbocycles. The zero-order valence-corrected chi connectivity index (χ0v) is 34.1. The molecule has 0 unspecified atom stereocenters. The van der Waals surface area contributed by atoms with E-state index in [0.717, 1.165) is 28.3 Å². The van der Waals surface area contributed by atoms with Crippen molar-refractivity contribution in [2.24, 2.45) is 0 Å². The summed E-state index contributed by atoms with van der Waals surface area (Å²) in [6, 6.07) is 92.1. The van der Waals surface area contributed by atoms with Crippen molar-refractivity contribution < 1.29 is 0 Å². The molecule has 1 aromatic heterocycles. The van der Waals surface area contributed by atoms with Gasteiger partial charge in [0.05, 0.1) is 11.0 Å². The summed E-state index contributed by atoms with van der Waals surface area (Å²) in [6.07, 6.45) is 0. The van der Waals surface area contributed by atoms with Crippen LogP contribution in [-0.2, 0) is 0 Å². The minimum Gasteiger partial charge on any atom is -0.310 e. The van der Waals surface area contributed by atoms with E-state index >= 15 is 0 Å². The number of benzene rings is 10. The highest BCUT2D eigenvalue weighted by atomic mass is 15.1. The molecule has 0 amide bonds. The molecule has 1 heterocycles. The summed E-state index contributed by atoms with van der Waals surface area (Å²) in [4.78, 5) is 2.40. The predicted octanol–water partition coefficient (Wildman–Crippen LogP) is 16.6. The summed E-state index contributed by atoms with van der Waals surface area (Å²) in [6.45, 7) is 0. The van der Waals surface area contributed by atoms with Crippen LogP contribution in [0.3, 0.4) is 0 Å². The van der Waals surface area contributed by atoms with Crippen molar-refractivity contribution in [2.75, 3.05) is 4.90 Å². The lowest BCUT2D eigenvalue weighted by Gasteiger charge is -2.27. The first kappa shape index (κ1) is 36.8. The van der Waals surface area contributed by atoms with Crippen LogP contribution in [0.15, 0.2) is 255 Å². The molecule has 0 radical (unpaired) electrons. The Morgan fingerprint density at radius 1 is 0.258 bits per heavy atom. The topological polar surface area (TPSA) is 8.17 Å². The molecule has 0 aliphatic heterocycles. The third-order valence-electron chi connectivity index (χ3n) is 12.0. The lowest BCUT2D eigenvalue weighted by Crippen LogP contribution is -2.10. The SMILES string of the molecule is c1ccc(-c2ccc(N(c3cccc(-c4cccc(-c5ccccc5)c4-c4ccccc4-c4ccccc4)c3)c3cccc(-n4c5ccccc5c5ccccc54)c3)cc2)cc1. The molecule has 0 atom stereocenters. The fraction of sp³-hybridized carbons (Fsp3) is 0. The van der Waals surface area contributed by atoms with Gasteiger partial charge in [-0.1, -0.05) is 200 Å². The van der Waals surface area contributed by atoms with Gasteiger partial charge in [0.25, 0.3) is 0 Å². The van der Waals surface area contributed by atoms with E-state index in [1.807, 2.05) is 0 Å². The van der Waals surface area contributed by atoms with E-state index in [4.69, 9.17) is 0 Å². The summed E-state index contributed by atoms with van der Waals surface area (Å²) in [5, 5.41) is 2.49. The molecule has 292 valence electrons. The maximum atomic E-state index is 2.40. The average molecular weight is 791 g/mol. The van der Waals surface area contributed by atoms with Crippen LogP contribution in [0.1, 0.15) is 0 Å². The summed E-state index contributed by atoms with van der Waals surface area (Å²) in [5.74, 6) is 0. The van der Waals surface area contributed by atoms with Crippen LogP contribution in [0.25, 0.3) is 83.1 Å². The number of anilines is 3. The van der Waals surface area contributed by atoms with E-state index < -0.39 is 0 Å². The Bertz CT molecular complexity index is 3280. The molecule has 11 rings (SSSR count). The number of para-hydroxylation sites is 2. The third-order valence-corrected chi connectivity index (χ3v) is 12.0. The van der Waals surface area contributed by atoms with Crippen LogP contribution in [0.4, 0.5) is 17.1 Å². The van der Waals surface area contributed by atoms with Gasteiger partial charge in [0.2, 0.25) is 0 Å². The van der Waals surface area contributed by atoms with Crippen LogP contribution in [0.2, 0.25) is 0 Å². The van der Waals surface area contributed by atoms with E-state index in [2.05, 4.69) is 264 Å². The first-order chi connectivity index (χ1) is 30.8. The second-order valence-corrected chi connectivity index (χ2v) is 15.7. The van der Waals surface area contributed by atoms with E-state index in [9.17, 15) is 0 Å². The second-order valence-electron chi connectivity index (χ2n) is 15.7. The Morgan fingerprint density at radius 3 is 1.34 bits per heavy atom. The number of nitrogens with zero attached hydrogens (tertiary/aromatic N) is 2. The van der Waals surface area contributed by atoms with Crippen molar-refractivity contribution in [1.82, 2.24) is 4.57 Å². The van der Waals surface area contributed by atoms with Gasteiger partial charge in [-0.15, -0.1) is 0 Å². The van der Waals surface area contributed by atoms with E-state index in [1.165, 1.54) is 71.9 Å². The van der Waals surface area contributed by atoms with Crippen LogP contribution < -0.4 is 4.90 Å². The normalized spacial score (nSPS) is 11.2. The van der Waals surface area contributed by atoms with Crippen LogP contribution >= 0.6 is 0 Å². The Morgan fingerprint density at radius 2 is 0.694 bits per heavy atom. The quantitative estimate of drug-likeness (QED) is 0.141. The van der Waals surface area contributed by atoms with Gasteiger partial charge in [-0.05, 0) is 110 Å². The molecule has 11 aromatic rings. The Hall–Kier alpha value is -8.20. The number of aromatic nitrogens is 1. The van der Waals surface area contributed by atoms with Crippen molar-refractivity contribution in [1.29, 1.82) is 0 Å². The average Bonchev–Trinajstić information content (AvgIpc) is 3.69. The molecule has 0 aliphatic carbocycles. The second kappa shape index (κ2) is 16.1. The van der Waals surface area contributed by atoms with Crippen LogP contribution in [0.5, 0.6) is 0 Å². The number of hydrogen-bond acceptors (Lipinski definition) is 1. The molecular formula is C60H42N2. The van der Waals surface area contributed by atoms with Gasteiger partial charge in [0.15, 0.2) is 0 Å². The van der Waals surface area contributed by atoms with Gasteiger partial charge in [0, 0.05) is 33.5 Å². The third kappa shape index (κ3) is 6.74. The highest BCUT2D eigenvalue weighted by molar-refractivity contribution is 6.09. The van der Waals surface area contributed by atoms with Gasteiger partial charge in [-0.2, -0.15) is 0 Å². The van der Waals surface area contributed by atoms with Crippen molar-refractivity contribution in [3.8, 4) is 61.3 Å². The van der Waals surface area contributed by atoms with Crippen molar-refractivity contribution in [3.63, 3.8) is 0 Å². The molecule has 0 spiro atoms. The summed E-state index contributed by atoms with van der Waals surface area (Å²) in [5.41, 5.74) is 18.6. The molecule has 0 aliphatic rings. The maximum Gasteiger partial charge on any atom is 0.0541 e. The fourth-order valence-electron chi connectivity index (χ4n) is 9.18. The zero-order valence-electron chi connectivity index (χ0n) is 34.1. The van der Waals surface area contributed by atoms with Gasteiger partial charge < -0.3 is 9.47 Å². The Kier molecular flexibility index (Phi) is 9.57. The predicted molar refractivity (Wildman–Crippen MR) is 263 cm³/mol. The smallest absolute Gasteiger partial charge is 0.0541 e. The molecule has 2 heteroatoms. The van der Waals surface area contributed by atoms with Gasteiger partial charge in [-0.25, -0.2) is 0 Å². The van der Waals surface area contributed by atoms with E-state index in [0.29, 0.717) is 0 Å². The minimum absolute atomic E-state index is 1.07. The first-order valence-corrected chi connectivity index (χ1v) is 21.3. The highest BCUT2D eigenvalue weighted by Gasteiger charge is 2.21. The first-order valence-electron chi connectivity index (χ1n) is 21.3. The Balaban J connectivity index is 1.11. The molecule has 2 nitrogen and oxygen atoms in total. The minimum atomic E-state index is 1.07. The lowest BCUT2D eigenvalue weighted by molar-refractivity contribution is 1.17. The van der Waals surface area contributed by atoms with E-state index in [1.54, 1.807) is 0 Å². The molecule has 0 saturated heterocycles. The summed E-state index contributed by atoms with van der Waals surface area (Å²) in [7, 11) is 0. The molecule has 0 fully saturated rings. The van der Waals surface area contributed by atoms with Gasteiger partial charge >= 0.3 is 0 Å². The maximum absolute atomic E-state index is 2.40. The fourth-order valence-corrected chi connectivity index (χ4v) is 9.18. The monoisotopic (exact) mass is 790 g/mol. The number of fused-ring (bicyclic) bond motifs is 3. The number of rotatable bonds is 9. The lowest BCUT2D eigenvalue weighted by atomic mass is 9.84. The van der Waals surface area contributed by atoms with Crippen LogP contribution in [0, 0.1) is 0 Å². The highest BCUT2D eigenvalue weighted by Crippen LogP contribution is 2.46. The van der Waals surface area contributed by atoms with Crippen molar-refractivity contribution >= 4 is 38.9 Å². The zero-order chi connectivity index (χ0) is 41.2. The molecule has 62 heavy (non-hydrogen) atoms. The molecule has 0 N–H and O–H groups in total. The summed E-state index contributed by atoms with van der Waals surface area (Å²) >= 11 is 0. The van der Waals surface area contributed by atoms with E-state index in [-0.39, 0.29) is 0 Å². The molecular weight excluding hydrogens is 749 g/mol. The molecule has 0 bridgehead atoms. The standard InChI is InChI=1S/C60H42N2/c1-4-19-43(20-5-1)44-37-39-48(40-38-44)61(50-27-17-28-51(42-50)62-58-35-14-12-30-55(58)56-31-13-15-36-59(56)62)49-26-16-25-47(41-49)54-34-18-33-53(46-23-8-3-9-24-46)60(54)57-32-11-10-29-52(57)45-21-6-2-7-22-45/h1-42H. The largest absolute Gasteiger partial charge is 0.310 e. The van der Waals surface area contributed by atoms with Gasteiger partial charge in [0.1, 0.15) is 0 Å². The van der Waals surface area contributed by atoms with Crippen molar-refractivity contribution in [2.45, 2.75) is 0 Å². The molecule has 10 aromatic carbocycles. The summed E-state index contributed by atoms with van der Waals surface area (Å²) < 4.78 is 2.40.